The molecule has 0 saturated carbocycles. The molecule has 162 valence electrons. The van der Waals surface area contributed by atoms with Crippen LogP contribution in [0.3, 0.4) is 0 Å². The van der Waals surface area contributed by atoms with E-state index in [1.54, 1.807) is 0 Å². The molecule has 30 heavy (non-hydrogen) atoms. The van der Waals surface area contributed by atoms with Gasteiger partial charge in [-0.2, -0.15) is 0 Å². The minimum atomic E-state index is 0.0981. The Labute approximate surface area is 188 Å². The van der Waals surface area contributed by atoms with Gasteiger partial charge in [0.1, 0.15) is 0 Å². The van der Waals surface area contributed by atoms with Gasteiger partial charge in [0.15, 0.2) is 5.11 Å². The van der Waals surface area contributed by atoms with E-state index in [1.807, 2.05) is 0 Å². The Morgan fingerprint density at radius 2 is 1.57 bits per heavy atom. The molecule has 0 aliphatic carbocycles. The third kappa shape index (κ3) is 6.82. The predicted octanol–water partition coefficient (Wildman–Crippen LogP) is 5.22. The predicted molar refractivity (Wildman–Crippen MR) is 132 cm³/mol. The molecule has 0 radical (unpaired) electrons. The van der Waals surface area contributed by atoms with Crippen molar-refractivity contribution in [2.45, 2.75) is 77.5 Å². The molecule has 0 atom stereocenters. The van der Waals surface area contributed by atoms with Gasteiger partial charge in [-0.1, -0.05) is 60.2 Å². The Kier molecular flexibility index (Phi) is 7.20. The fourth-order valence-electron chi connectivity index (χ4n) is 4.77. The van der Waals surface area contributed by atoms with Crippen molar-refractivity contribution < 1.29 is 0 Å². The van der Waals surface area contributed by atoms with Gasteiger partial charge in [0.25, 0.3) is 0 Å². The molecule has 0 amide bonds. The molecule has 2 N–H and O–H groups in total. The molecule has 0 spiro atoms. The van der Waals surface area contributed by atoms with Gasteiger partial charge in [0.05, 0.1) is 0 Å². The monoisotopic (exact) mass is 423 g/mol. The quantitative estimate of drug-likeness (QED) is 0.623. The zero-order valence-corrected chi connectivity index (χ0v) is 20.0. The zero-order valence-electron chi connectivity index (χ0n) is 19.2. The summed E-state index contributed by atoms with van der Waals surface area (Å²) in [6, 6.07) is 19.8. The Balaban J connectivity index is 1.70. The summed E-state index contributed by atoms with van der Waals surface area (Å²) in [5, 5.41) is 8.34. The van der Waals surface area contributed by atoms with Crippen LogP contribution >= 0.6 is 12.2 Å². The first-order valence-electron chi connectivity index (χ1n) is 11.1. The molecule has 1 aliphatic heterocycles. The first-order valence-corrected chi connectivity index (χ1v) is 11.5. The average molecular weight is 424 g/mol. The van der Waals surface area contributed by atoms with Crippen molar-refractivity contribution in [3.8, 4) is 0 Å². The van der Waals surface area contributed by atoms with Gasteiger partial charge in [-0.25, -0.2) is 0 Å². The van der Waals surface area contributed by atoms with Gasteiger partial charge < -0.3 is 15.5 Å². The lowest BCUT2D eigenvalue weighted by Gasteiger charge is -2.47. The fourth-order valence-corrected chi connectivity index (χ4v) is 5.09. The molecule has 1 saturated heterocycles. The number of benzene rings is 2. The summed E-state index contributed by atoms with van der Waals surface area (Å²) in [4.78, 5) is 2.33. The molecule has 0 aromatic heterocycles. The molecular formula is C26H37N3S. The zero-order chi connectivity index (χ0) is 21.8. The van der Waals surface area contributed by atoms with Crippen LogP contribution in [0.15, 0.2) is 54.6 Å². The Morgan fingerprint density at radius 3 is 2.17 bits per heavy atom. The van der Waals surface area contributed by atoms with Crippen molar-refractivity contribution >= 4 is 17.3 Å². The van der Waals surface area contributed by atoms with Crippen LogP contribution in [-0.2, 0) is 13.0 Å². The summed E-state index contributed by atoms with van der Waals surface area (Å²) in [5.74, 6) is 0. The van der Waals surface area contributed by atoms with Crippen LogP contribution in [-0.4, -0.2) is 33.7 Å². The maximum atomic E-state index is 5.94. The number of nitrogens with one attached hydrogen (secondary N) is 2. The van der Waals surface area contributed by atoms with Crippen LogP contribution < -0.4 is 10.6 Å². The highest BCUT2D eigenvalue weighted by Crippen LogP contribution is 2.28. The number of aryl methyl sites for hydroxylation is 1. The Hall–Kier alpha value is -1.91. The lowest BCUT2D eigenvalue weighted by Crippen LogP contribution is -2.62. The van der Waals surface area contributed by atoms with Crippen LogP contribution in [0.1, 0.15) is 57.2 Å². The van der Waals surface area contributed by atoms with Crippen molar-refractivity contribution in [1.82, 2.24) is 15.5 Å². The molecular weight excluding hydrogens is 386 g/mol. The number of hydrogen-bond donors (Lipinski definition) is 2. The summed E-state index contributed by atoms with van der Waals surface area (Å²) in [6.07, 6.45) is 3.11. The van der Waals surface area contributed by atoms with Gasteiger partial charge in [-0.05, 0) is 77.2 Å². The summed E-state index contributed by atoms with van der Waals surface area (Å²) < 4.78 is 0. The van der Waals surface area contributed by atoms with E-state index in [4.69, 9.17) is 12.2 Å². The smallest absolute Gasteiger partial charge is 0.169 e. The normalized spacial score (nSPS) is 18.0. The van der Waals surface area contributed by atoms with E-state index >= 15 is 0 Å². The first kappa shape index (κ1) is 22.8. The SMILES string of the molecule is Cc1ccc(CN(CCc2ccccc2)C(=S)NC2CC(C)(C)NC(C)(C)C2)cc1. The maximum Gasteiger partial charge on any atom is 0.169 e. The molecule has 3 rings (SSSR count). The second-order valence-corrected chi connectivity index (χ2v) is 10.5. The van der Waals surface area contributed by atoms with Crippen molar-refractivity contribution in [3.63, 3.8) is 0 Å². The Bertz CT molecular complexity index is 811. The molecule has 1 aliphatic rings. The van der Waals surface area contributed by atoms with Crippen molar-refractivity contribution in [2.24, 2.45) is 0 Å². The molecule has 3 nitrogen and oxygen atoms in total. The van der Waals surface area contributed by atoms with Crippen molar-refractivity contribution in [2.75, 3.05) is 6.54 Å². The minimum absolute atomic E-state index is 0.0981. The maximum absolute atomic E-state index is 5.94. The van der Waals surface area contributed by atoms with Crippen LogP contribution in [0.2, 0.25) is 0 Å². The van der Waals surface area contributed by atoms with Crippen LogP contribution in [0.5, 0.6) is 0 Å². The van der Waals surface area contributed by atoms with Gasteiger partial charge in [-0.15, -0.1) is 0 Å². The molecule has 0 unspecified atom stereocenters. The highest BCUT2D eigenvalue weighted by Gasteiger charge is 2.38. The van der Waals surface area contributed by atoms with E-state index < -0.39 is 0 Å². The largest absolute Gasteiger partial charge is 0.360 e. The molecule has 2 aromatic carbocycles. The van der Waals surface area contributed by atoms with E-state index in [-0.39, 0.29) is 11.1 Å². The third-order valence-corrected chi connectivity index (χ3v) is 6.19. The number of nitrogens with zero attached hydrogens (tertiary/aromatic N) is 1. The summed E-state index contributed by atoms with van der Waals surface area (Å²) in [7, 11) is 0. The van der Waals surface area contributed by atoms with E-state index in [1.165, 1.54) is 16.7 Å². The van der Waals surface area contributed by atoms with Crippen molar-refractivity contribution in [3.05, 3.63) is 71.3 Å². The van der Waals surface area contributed by atoms with Gasteiger partial charge in [0.2, 0.25) is 0 Å². The summed E-state index contributed by atoms with van der Waals surface area (Å²) in [5.41, 5.74) is 4.12. The van der Waals surface area contributed by atoms with Crippen LogP contribution in [0.25, 0.3) is 0 Å². The Morgan fingerprint density at radius 1 is 0.967 bits per heavy atom. The van der Waals surface area contributed by atoms with E-state index in [2.05, 4.69) is 105 Å². The third-order valence-electron chi connectivity index (χ3n) is 5.81. The van der Waals surface area contributed by atoms with Crippen molar-refractivity contribution in [1.29, 1.82) is 0 Å². The van der Waals surface area contributed by atoms with Crippen LogP contribution in [0.4, 0.5) is 0 Å². The first-order chi connectivity index (χ1) is 14.1. The molecule has 4 heteroatoms. The summed E-state index contributed by atoms with van der Waals surface area (Å²) >= 11 is 5.94. The number of rotatable bonds is 6. The lowest BCUT2D eigenvalue weighted by atomic mass is 9.80. The molecule has 1 fully saturated rings. The minimum Gasteiger partial charge on any atom is -0.360 e. The number of piperidine rings is 1. The van der Waals surface area contributed by atoms with Crippen LogP contribution in [0, 0.1) is 6.92 Å². The molecule has 2 aromatic rings. The fraction of sp³-hybridized carbons (Fsp3) is 0.500. The number of thiocarbonyl (C=S) groups is 1. The highest BCUT2D eigenvalue weighted by atomic mass is 32.1. The van der Waals surface area contributed by atoms with Gasteiger partial charge in [0, 0.05) is 30.2 Å². The molecule has 0 bridgehead atoms. The molecule has 1 heterocycles. The second kappa shape index (κ2) is 9.49. The van der Waals surface area contributed by atoms with E-state index in [9.17, 15) is 0 Å². The van der Waals surface area contributed by atoms with Gasteiger partial charge >= 0.3 is 0 Å². The van der Waals surface area contributed by atoms with Gasteiger partial charge in [-0.3, -0.25) is 0 Å². The summed E-state index contributed by atoms with van der Waals surface area (Å²) in [6.45, 7) is 13.0. The second-order valence-electron chi connectivity index (χ2n) is 10.1. The lowest BCUT2D eigenvalue weighted by molar-refractivity contribution is 0.153. The average Bonchev–Trinajstić information content (AvgIpc) is 2.64. The van der Waals surface area contributed by atoms with E-state index in [0.29, 0.717) is 6.04 Å². The van der Waals surface area contributed by atoms with E-state index in [0.717, 1.165) is 37.5 Å². The topological polar surface area (TPSA) is 27.3 Å². The highest BCUT2D eigenvalue weighted by molar-refractivity contribution is 7.80. The standard InChI is InChI=1S/C26H37N3S/c1-20-11-13-22(14-12-20)19-29(16-15-21-9-7-6-8-10-21)24(30)27-23-17-25(2,3)28-26(4,5)18-23/h6-14,23,28H,15-19H2,1-5H3,(H,27,30). The number of hydrogen-bond acceptors (Lipinski definition) is 2.